The highest BCUT2D eigenvalue weighted by molar-refractivity contribution is 5.91. The van der Waals surface area contributed by atoms with Crippen LogP contribution < -0.4 is 5.32 Å². The first-order valence-corrected chi connectivity index (χ1v) is 10.6. The van der Waals surface area contributed by atoms with Gasteiger partial charge in [-0.2, -0.15) is 0 Å². The van der Waals surface area contributed by atoms with E-state index >= 15 is 0 Å². The summed E-state index contributed by atoms with van der Waals surface area (Å²) in [6.45, 7) is 6.20. The summed E-state index contributed by atoms with van der Waals surface area (Å²) in [7, 11) is 0. The van der Waals surface area contributed by atoms with Crippen LogP contribution in [-0.4, -0.2) is 22.0 Å². The van der Waals surface area contributed by atoms with Gasteiger partial charge in [-0.3, -0.25) is 4.79 Å². The number of imidazole rings is 1. The zero-order valence-corrected chi connectivity index (χ0v) is 17.5. The molecule has 3 rings (SSSR count). The van der Waals surface area contributed by atoms with Crippen LogP contribution in [0.15, 0.2) is 60.7 Å². The van der Waals surface area contributed by atoms with Crippen molar-refractivity contribution in [3.05, 3.63) is 72.1 Å². The van der Waals surface area contributed by atoms with Crippen molar-refractivity contribution < 1.29 is 4.79 Å². The Morgan fingerprint density at radius 2 is 1.79 bits per heavy atom. The summed E-state index contributed by atoms with van der Waals surface area (Å²) in [4.78, 5) is 16.8. The second-order valence-corrected chi connectivity index (χ2v) is 7.87. The SMILES string of the molecule is CC(C)Cn1c(CCCCCNC(=O)/C=C/c2ccccc2)nc2ccccc21. The Bertz CT molecular complexity index is 941. The summed E-state index contributed by atoms with van der Waals surface area (Å²) in [5.74, 6) is 1.73. The van der Waals surface area contributed by atoms with E-state index in [0.29, 0.717) is 12.5 Å². The second-order valence-electron chi connectivity index (χ2n) is 7.87. The number of hydrogen-bond acceptors (Lipinski definition) is 2. The number of rotatable bonds is 10. The third-order valence-corrected chi connectivity index (χ3v) is 4.88. The number of para-hydroxylation sites is 2. The predicted molar refractivity (Wildman–Crippen MR) is 121 cm³/mol. The molecule has 3 aromatic rings. The summed E-state index contributed by atoms with van der Waals surface area (Å²) < 4.78 is 2.37. The van der Waals surface area contributed by atoms with Crippen molar-refractivity contribution in [2.75, 3.05) is 6.54 Å². The zero-order chi connectivity index (χ0) is 20.5. The van der Waals surface area contributed by atoms with Crippen LogP contribution in [0.5, 0.6) is 0 Å². The number of carbonyl (C=O) groups excluding carboxylic acids is 1. The number of unbranched alkanes of at least 4 members (excludes halogenated alkanes) is 2. The minimum atomic E-state index is -0.0346. The first kappa shape index (κ1) is 20.8. The predicted octanol–water partition coefficient (Wildman–Crippen LogP) is 5.23. The van der Waals surface area contributed by atoms with Crippen LogP contribution in [0.4, 0.5) is 0 Å². The lowest BCUT2D eigenvalue weighted by molar-refractivity contribution is -0.116. The minimum Gasteiger partial charge on any atom is -0.353 e. The molecule has 4 heteroatoms. The average Bonchev–Trinajstić information content (AvgIpc) is 3.06. The maximum atomic E-state index is 11.9. The van der Waals surface area contributed by atoms with Gasteiger partial charge in [-0.1, -0.05) is 62.7 Å². The Morgan fingerprint density at radius 1 is 1.03 bits per heavy atom. The molecule has 0 aliphatic rings. The molecule has 4 nitrogen and oxygen atoms in total. The molecule has 1 N–H and O–H groups in total. The fourth-order valence-corrected chi connectivity index (χ4v) is 3.48. The van der Waals surface area contributed by atoms with E-state index in [1.807, 2.05) is 42.5 Å². The van der Waals surface area contributed by atoms with E-state index in [-0.39, 0.29) is 5.91 Å². The van der Waals surface area contributed by atoms with Crippen molar-refractivity contribution in [1.82, 2.24) is 14.9 Å². The molecule has 1 heterocycles. The molecule has 0 unspecified atom stereocenters. The Balaban J connectivity index is 1.41. The largest absolute Gasteiger partial charge is 0.353 e. The number of hydrogen-bond donors (Lipinski definition) is 1. The number of carbonyl (C=O) groups is 1. The van der Waals surface area contributed by atoms with Gasteiger partial charge in [0.15, 0.2) is 0 Å². The quantitative estimate of drug-likeness (QED) is 0.381. The average molecular weight is 390 g/mol. The van der Waals surface area contributed by atoms with Crippen LogP contribution in [-0.2, 0) is 17.8 Å². The smallest absolute Gasteiger partial charge is 0.243 e. The highest BCUT2D eigenvalue weighted by atomic mass is 16.1. The van der Waals surface area contributed by atoms with Crippen molar-refractivity contribution in [1.29, 1.82) is 0 Å². The number of nitrogens with zero attached hydrogens (tertiary/aromatic N) is 2. The van der Waals surface area contributed by atoms with Gasteiger partial charge in [0.1, 0.15) is 5.82 Å². The fraction of sp³-hybridized carbons (Fsp3) is 0.360. The molecule has 0 radical (unpaired) electrons. The Hall–Kier alpha value is -2.88. The van der Waals surface area contributed by atoms with Crippen LogP contribution in [0, 0.1) is 5.92 Å². The van der Waals surface area contributed by atoms with Crippen molar-refractivity contribution >= 4 is 23.0 Å². The highest BCUT2D eigenvalue weighted by Gasteiger charge is 2.11. The van der Waals surface area contributed by atoms with Crippen LogP contribution in [0.25, 0.3) is 17.1 Å². The summed E-state index contributed by atoms with van der Waals surface area (Å²) in [6.07, 6.45) is 7.56. The van der Waals surface area contributed by atoms with Crippen LogP contribution in [0.1, 0.15) is 44.5 Å². The van der Waals surface area contributed by atoms with Gasteiger partial charge in [-0.25, -0.2) is 4.98 Å². The van der Waals surface area contributed by atoms with Crippen molar-refractivity contribution in [2.24, 2.45) is 5.92 Å². The third kappa shape index (κ3) is 6.31. The first-order valence-electron chi connectivity index (χ1n) is 10.6. The molecular weight excluding hydrogens is 358 g/mol. The van der Waals surface area contributed by atoms with E-state index in [0.717, 1.165) is 43.3 Å². The molecule has 0 fully saturated rings. The van der Waals surface area contributed by atoms with Gasteiger partial charge in [0.2, 0.25) is 5.91 Å². The first-order chi connectivity index (χ1) is 14.1. The lowest BCUT2D eigenvalue weighted by Crippen LogP contribution is -2.22. The van der Waals surface area contributed by atoms with Gasteiger partial charge >= 0.3 is 0 Å². The third-order valence-electron chi connectivity index (χ3n) is 4.88. The molecule has 0 saturated heterocycles. The zero-order valence-electron chi connectivity index (χ0n) is 17.5. The molecule has 2 aromatic carbocycles. The molecule has 0 atom stereocenters. The molecule has 0 aliphatic heterocycles. The number of nitrogens with one attached hydrogen (secondary N) is 1. The number of aryl methyl sites for hydroxylation is 1. The molecule has 0 aliphatic carbocycles. The topological polar surface area (TPSA) is 46.9 Å². The number of benzene rings is 2. The van der Waals surface area contributed by atoms with E-state index in [9.17, 15) is 4.79 Å². The summed E-state index contributed by atoms with van der Waals surface area (Å²) in [5.41, 5.74) is 3.35. The van der Waals surface area contributed by atoms with Gasteiger partial charge < -0.3 is 9.88 Å². The highest BCUT2D eigenvalue weighted by Crippen LogP contribution is 2.19. The molecule has 0 spiro atoms. The molecule has 29 heavy (non-hydrogen) atoms. The Labute approximate surface area is 173 Å². The van der Waals surface area contributed by atoms with Crippen LogP contribution >= 0.6 is 0 Å². The molecular formula is C25H31N3O. The molecule has 152 valence electrons. The lowest BCUT2D eigenvalue weighted by Gasteiger charge is -2.11. The van der Waals surface area contributed by atoms with Gasteiger partial charge in [0.25, 0.3) is 0 Å². The minimum absolute atomic E-state index is 0.0346. The van der Waals surface area contributed by atoms with Gasteiger partial charge in [-0.05, 0) is 42.5 Å². The maximum Gasteiger partial charge on any atom is 0.243 e. The standard InChI is InChI=1S/C25H31N3O/c1-20(2)19-28-23-14-9-8-13-22(23)27-24(28)15-7-4-10-18-26-25(29)17-16-21-11-5-3-6-12-21/h3,5-6,8-9,11-14,16-17,20H,4,7,10,15,18-19H2,1-2H3,(H,26,29)/b17-16+. The normalized spacial score (nSPS) is 11.6. The van der Waals surface area contributed by atoms with E-state index in [4.69, 9.17) is 4.98 Å². The fourth-order valence-electron chi connectivity index (χ4n) is 3.48. The van der Waals surface area contributed by atoms with Gasteiger partial charge in [-0.15, -0.1) is 0 Å². The maximum absolute atomic E-state index is 11.9. The number of fused-ring (bicyclic) bond motifs is 1. The Kier molecular flexibility index (Phi) is 7.62. The lowest BCUT2D eigenvalue weighted by atomic mass is 10.1. The van der Waals surface area contributed by atoms with E-state index in [2.05, 4.69) is 41.9 Å². The molecule has 0 bridgehead atoms. The van der Waals surface area contributed by atoms with Crippen molar-refractivity contribution in [3.8, 4) is 0 Å². The number of aromatic nitrogens is 2. The van der Waals surface area contributed by atoms with Crippen LogP contribution in [0.2, 0.25) is 0 Å². The number of amides is 1. The van der Waals surface area contributed by atoms with E-state index in [1.54, 1.807) is 6.08 Å². The van der Waals surface area contributed by atoms with Gasteiger partial charge in [0, 0.05) is 25.6 Å². The summed E-state index contributed by atoms with van der Waals surface area (Å²) in [6, 6.07) is 18.2. The molecule has 0 saturated carbocycles. The van der Waals surface area contributed by atoms with E-state index in [1.165, 1.54) is 11.3 Å². The van der Waals surface area contributed by atoms with E-state index < -0.39 is 0 Å². The summed E-state index contributed by atoms with van der Waals surface area (Å²) in [5, 5.41) is 2.96. The summed E-state index contributed by atoms with van der Waals surface area (Å²) >= 11 is 0. The monoisotopic (exact) mass is 389 g/mol. The molecule has 1 aromatic heterocycles. The van der Waals surface area contributed by atoms with Crippen LogP contribution in [0.3, 0.4) is 0 Å². The second kappa shape index (κ2) is 10.6. The van der Waals surface area contributed by atoms with Gasteiger partial charge in [0.05, 0.1) is 11.0 Å². The molecule has 1 amide bonds. The Morgan fingerprint density at radius 3 is 2.59 bits per heavy atom. The van der Waals surface area contributed by atoms with Crippen molar-refractivity contribution in [2.45, 2.75) is 46.1 Å². The van der Waals surface area contributed by atoms with Crippen molar-refractivity contribution in [3.63, 3.8) is 0 Å².